The van der Waals surface area contributed by atoms with Gasteiger partial charge in [0, 0.05) is 44.3 Å². The van der Waals surface area contributed by atoms with Crippen LogP contribution in [0.5, 0.6) is 0 Å². The normalized spacial score (nSPS) is 28.8. The molecule has 0 spiro atoms. The Hall–Kier alpha value is -0.900. The highest BCUT2D eigenvalue weighted by molar-refractivity contribution is 5.36. The summed E-state index contributed by atoms with van der Waals surface area (Å²) in [6.45, 7) is 9.24. The van der Waals surface area contributed by atoms with Gasteiger partial charge in [0.1, 0.15) is 0 Å². The average Bonchev–Trinajstić information content (AvgIpc) is 2.77. The number of fused-ring (bicyclic) bond motifs is 1. The van der Waals surface area contributed by atoms with Gasteiger partial charge in [0.15, 0.2) is 0 Å². The minimum absolute atomic E-state index is 0.196. The molecule has 0 saturated carbocycles. The molecule has 1 aliphatic heterocycles. The number of piperazine rings is 1. The van der Waals surface area contributed by atoms with Gasteiger partial charge in [0.25, 0.3) is 0 Å². The van der Waals surface area contributed by atoms with Crippen LogP contribution in [0, 0.1) is 0 Å². The summed E-state index contributed by atoms with van der Waals surface area (Å²) in [4.78, 5) is 5.16. The largest absolute Gasteiger partial charge is 0.323 e. The first-order valence-corrected chi connectivity index (χ1v) is 7.48. The SMILES string of the molecule is CC(C)N1CCN(C2Cc3ccccc3C2N)CC1. The van der Waals surface area contributed by atoms with Crippen LogP contribution < -0.4 is 5.73 Å². The first-order valence-electron chi connectivity index (χ1n) is 7.48. The van der Waals surface area contributed by atoms with E-state index in [9.17, 15) is 0 Å². The van der Waals surface area contributed by atoms with Crippen molar-refractivity contribution in [2.75, 3.05) is 26.2 Å². The number of nitrogens with two attached hydrogens (primary N) is 1. The molecule has 0 aromatic heterocycles. The Kier molecular flexibility index (Phi) is 3.61. The number of rotatable bonds is 2. The maximum Gasteiger partial charge on any atom is 0.0459 e. The molecule has 1 aromatic rings. The van der Waals surface area contributed by atoms with Gasteiger partial charge in [-0.05, 0) is 31.4 Å². The summed E-state index contributed by atoms with van der Waals surface area (Å²) in [6, 6.07) is 10.0. The highest BCUT2D eigenvalue weighted by atomic mass is 15.3. The minimum Gasteiger partial charge on any atom is -0.323 e. The third kappa shape index (κ3) is 2.42. The lowest BCUT2D eigenvalue weighted by Crippen LogP contribution is -2.53. The molecule has 1 aliphatic carbocycles. The zero-order valence-corrected chi connectivity index (χ0v) is 12.0. The summed E-state index contributed by atoms with van der Waals surface area (Å²) in [5.74, 6) is 0. The van der Waals surface area contributed by atoms with E-state index in [2.05, 4.69) is 47.9 Å². The molecule has 3 nitrogen and oxygen atoms in total. The number of hydrogen-bond donors (Lipinski definition) is 1. The number of benzene rings is 1. The van der Waals surface area contributed by atoms with E-state index in [0.717, 1.165) is 19.5 Å². The second kappa shape index (κ2) is 5.23. The van der Waals surface area contributed by atoms with E-state index in [-0.39, 0.29) is 6.04 Å². The smallest absolute Gasteiger partial charge is 0.0459 e. The van der Waals surface area contributed by atoms with E-state index < -0.39 is 0 Å². The van der Waals surface area contributed by atoms with E-state index in [0.29, 0.717) is 12.1 Å². The molecular weight excluding hydrogens is 234 g/mol. The quantitative estimate of drug-likeness (QED) is 0.876. The van der Waals surface area contributed by atoms with Gasteiger partial charge in [0.2, 0.25) is 0 Å². The first-order chi connectivity index (χ1) is 9.16. The van der Waals surface area contributed by atoms with Crippen LogP contribution in [0.3, 0.4) is 0 Å². The van der Waals surface area contributed by atoms with Crippen LogP contribution in [0.2, 0.25) is 0 Å². The Morgan fingerprint density at radius 1 is 1.11 bits per heavy atom. The standard InChI is InChI=1S/C16H25N3/c1-12(2)18-7-9-19(10-8-18)15-11-13-5-3-4-6-14(13)16(15)17/h3-6,12,15-16H,7-11,17H2,1-2H3. The van der Waals surface area contributed by atoms with Crippen molar-refractivity contribution in [2.45, 2.75) is 38.4 Å². The summed E-state index contributed by atoms with van der Waals surface area (Å²) in [6.07, 6.45) is 1.12. The van der Waals surface area contributed by atoms with Gasteiger partial charge in [-0.2, -0.15) is 0 Å². The molecule has 1 fully saturated rings. The molecule has 19 heavy (non-hydrogen) atoms. The summed E-state index contributed by atoms with van der Waals surface area (Å²) >= 11 is 0. The summed E-state index contributed by atoms with van der Waals surface area (Å²) in [7, 11) is 0. The summed E-state index contributed by atoms with van der Waals surface area (Å²) in [5, 5.41) is 0. The fourth-order valence-corrected chi connectivity index (χ4v) is 3.55. The van der Waals surface area contributed by atoms with Crippen molar-refractivity contribution in [1.82, 2.24) is 9.80 Å². The van der Waals surface area contributed by atoms with Crippen LogP contribution in [0.25, 0.3) is 0 Å². The molecule has 2 unspecified atom stereocenters. The molecule has 0 radical (unpaired) electrons. The summed E-state index contributed by atoms with van der Waals surface area (Å²) < 4.78 is 0. The Morgan fingerprint density at radius 3 is 2.42 bits per heavy atom. The highest BCUT2D eigenvalue weighted by Crippen LogP contribution is 2.33. The lowest BCUT2D eigenvalue weighted by molar-refractivity contribution is 0.0728. The third-order valence-corrected chi connectivity index (χ3v) is 4.81. The second-order valence-electron chi connectivity index (χ2n) is 6.16. The minimum atomic E-state index is 0.196. The maximum absolute atomic E-state index is 6.46. The zero-order chi connectivity index (χ0) is 13.4. The van der Waals surface area contributed by atoms with E-state index in [1.807, 2.05) is 0 Å². The molecular formula is C16H25N3. The Balaban J connectivity index is 1.67. The topological polar surface area (TPSA) is 32.5 Å². The van der Waals surface area contributed by atoms with Crippen molar-refractivity contribution in [3.8, 4) is 0 Å². The van der Waals surface area contributed by atoms with E-state index in [1.165, 1.54) is 24.2 Å². The Labute approximate surface area is 116 Å². The van der Waals surface area contributed by atoms with Crippen LogP contribution >= 0.6 is 0 Å². The molecule has 3 rings (SSSR count). The maximum atomic E-state index is 6.46. The van der Waals surface area contributed by atoms with Crippen molar-refractivity contribution in [1.29, 1.82) is 0 Å². The van der Waals surface area contributed by atoms with Gasteiger partial charge < -0.3 is 5.73 Å². The van der Waals surface area contributed by atoms with Crippen molar-refractivity contribution >= 4 is 0 Å². The Morgan fingerprint density at radius 2 is 1.79 bits per heavy atom. The zero-order valence-electron chi connectivity index (χ0n) is 12.0. The van der Waals surface area contributed by atoms with Gasteiger partial charge >= 0.3 is 0 Å². The second-order valence-corrected chi connectivity index (χ2v) is 6.16. The van der Waals surface area contributed by atoms with Crippen molar-refractivity contribution in [3.05, 3.63) is 35.4 Å². The van der Waals surface area contributed by atoms with E-state index >= 15 is 0 Å². The van der Waals surface area contributed by atoms with Crippen molar-refractivity contribution < 1.29 is 0 Å². The van der Waals surface area contributed by atoms with Crippen LogP contribution in [0.1, 0.15) is 31.0 Å². The monoisotopic (exact) mass is 259 g/mol. The van der Waals surface area contributed by atoms with Crippen LogP contribution in [-0.2, 0) is 6.42 Å². The molecule has 1 aromatic carbocycles. The highest BCUT2D eigenvalue weighted by Gasteiger charge is 2.35. The lowest BCUT2D eigenvalue weighted by Gasteiger charge is -2.41. The molecule has 104 valence electrons. The van der Waals surface area contributed by atoms with Gasteiger partial charge in [0.05, 0.1) is 0 Å². The molecule has 2 atom stereocenters. The van der Waals surface area contributed by atoms with Gasteiger partial charge in [-0.15, -0.1) is 0 Å². The van der Waals surface area contributed by atoms with Crippen LogP contribution in [-0.4, -0.2) is 48.1 Å². The fraction of sp³-hybridized carbons (Fsp3) is 0.625. The van der Waals surface area contributed by atoms with Gasteiger partial charge in [-0.25, -0.2) is 0 Å². The predicted octanol–water partition coefficient (Wildman–Crippen LogP) is 1.64. The third-order valence-electron chi connectivity index (χ3n) is 4.81. The predicted molar refractivity (Wildman–Crippen MR) is 79.1 cm³/mol. The summed E-state index contributed by atoms with van der Waals surface area (Å²) in [5.41, 5.74) is 9.27. The van der Waals surface area contributed by atoms with Crippen LogP contribution in [0.4, 0.5) is 0 Å². The van der Waals surface area contributed by atoms with Gasteiger partial charge in [-0.1, -0.05) is 24.3 Å². The van der Waals surface area contributed by atoms with Crippen molar-refractivity contribution in [2.24, 2.45) is 5.73 Å². The lowest BCUT2D eigenvalue weighted by atomic mass is 10.1. The average molecular weight is 259 g/mol. The van der Waals surface area contributed by atoms with Crippen LogP contribution in [0.15, 0.2) is 24.3 Å². The first kappa shape index (κ1) is 13.1. The molecule has 1 heterocycles. The molecule has 0 amide bonds. The van der Waals surface area contributed by atoms with Crippen molar-refractivity contribution in [3.63, 3.8) is 0 Å². The fourth-order valence-electron chi connectivity index (χ4n) is 3.55. The number of nitrogens with zero attached hydrogens (tertiary/aromatic N) is 2. The Bertz CT molecular complexity index is 435. The number of hydrogen-bond acceptors (Lipinski definition) is 3. The molecule has 3 heteroatoms. The van der Waals surface area contributed by atoms with E-state index in [1.54, 1.807) is 0 Å². The van der Waals surface area contributed by atoms with E-state index in [4.69, 9.17) is 5.73 Å². The molecule has 2 aliphatic rings. The van der Waals surface area contributed by atoms with Gasteiger partial charge in [-0.3, -0.25) is 9.80 Å². The molecule has 1 saturated heterocycles. The molecule has 0 bridgehead atoms. The molecule has 2 N–H and O–H groups in total.